The minimum atomic E-state index is 0.283. The molecule has 21 heavy (non-hydrogen) atoms. The molecule has 1 fully saturated rings. The van der Waals surface area contributed by atoms with Crippen molar-refractivity contribution >= 4 is 11.6 Å². The second-order valence-electron chi connectivity index (χ2n) is 5.12. The van der Waals surface area contributed by atoms with E-state index in [1.165, 1.54) is 17.5 Å². The van der Waals surface area contributed by atoms with Gasteiger partial charge in [0.1, 0.15) is 17.5 Å². The van der Waals surface area contributed by atoms with Crippen molar-refractivity contribution in [2.75, 3.05) is 17.6 Å². The molecule has 104 valence electrons. The summed E-state index contributed by atoms with van der Waals surface area (Å²) in [6.07, 6.45) is 2.44. The molecular weight excluding hydrogens is 264 g/mol. The summed E-state index contributed by atoms with van der Waals surface area (Å²) in [7, 11) is 0. The Morgan fingerprint density at radius 1 is 1.33 bits per heavy atom. The zero-order valence-electron chi connectivity index (χ0n) is 11.4. The normalized spacial score (nSPS) is 13.4. The van der Waals surface area contributed by atoms with Crippen LogP contribution in [0.15, 0.2) is 24.3 Å². The highest BCUT2D eigenvalue weighted by Crippen LogP contribution is 2.30. The van der Waals surface area contributed by atoms with E-state index in [1.807, 2.05) is 0 Å². The van der Waals surface area contributed by atoms with Crippen molar-refractivity contribution < 1.29 is 0 Å². The van der Waals surface area contributed by atoms with E-state index in [4.69, 9.17) is 11.0 Å². The Balaban J connectivity index is 1.98. The molecule has 0 aliphatic heterocycles. The Morgan fingerprint density at radius 3 is 2.81 bits per heavy atom. The van der Waals surface area contributed by atoms with Gasteiger partial charge in [-0.15, -0.1) is 5.10 Å². The molecule has 1 aromatic heterocycles. The lowest BCUT2D eigenvalue weighted by atomic mass is 10.2. The number of nitriles is 2. The summed E-state index contributed by atoms with van der Waals surface area (Å²) in [6, 6.07) is 11.1. The van der Waals surface area contributed by atoms with E-state index in [0.717, 1.165) is 6.54 Å². The first-order valence-electron chi connectivity index (χ1n) is 6.76. The fourth-order valence-corrected chi connectivity index (χ4v) is 2.13. The second kappa shape index (κ2) is 5.18. The molecule has 1 aliphatic carbocycles. The van der Waals surface area contributed by atoms with Crippen LogP contribution >= 0.6 is 0 Å². The zero-order chi connectivity index (χ0) is 14.8. The van der Waals surface area contributed by atoms with Crippen LogP contribution < -0.4 is 11.1 Å². The highest BCUT2D eigenvalue weighted by molar-refractivity contribution is 5.66. The molecule has 0 saturated heterocycles. The molecule has 3 rings (SSSR count). The Hall–Kier alpha value is -2.99. The van der Waals surface area contributed by atoms with Crippen LogP contribution in [0, 0.1) is 28.6 Å². The maximum absolute atomic E-state index is 9.27. The van der Waals surface area contributed by atoms with Gasteiger partial charge in [0.2, 0.25) is 0 Å². The van der Waals surface area contributed by atoms with E-state index in [9.17, 15) is 5.26 Å². The minimum absolute atomic E-state index is 0.283. The van der Waals surface area contributed by atoms with Gasteiger partial charge in [-0.1, -0.05) is 6.07 Å². The molecule has 1 aromatic carbocycles. The molecule has 1 saturated carbocycles. The predicted molar refractivity (Wildman–Crippen MR) is 78.6 cm³/mol. The minimum Gasteiger partial charge on any atom is -0.382 e. The summed E-state index contributed by atoms with van der Waals surface area (Å²) in [6.45, 7) is 0.809. The van der Waals surface area contributed by atoms with Crippen molar-refractivity contribution in [2.45, 2.75) is 12.8 Å². The predicted octanol–water partition coefficient (Wildman–Crippen LogP) is 2.02. The van der Waals surface area contributed by atoms with Gasteiger partial charge in [-0.25, -0.2) is 4.68 Å². The van der Waals surface area contributed by atoms with Crippen molar-refractivity contribution in [1.29, 1.82) is 10.5 Å². The SMILES string of the molecule is N#Cc1cccc(-n2nc(NCC3CC3)c(C#N)c2N)c1. The Labute approximate surface area is 122 Å². The maximum atomic E-state index is 9.27. The van der Waals surface area contributed by atoms with Crippen LogP contribution in [0.1, 0.15) is 24.0 Å². The highest BCUT2D eigenvalue weighted by atomic mass is 15.3. The third-order valence-electron chi connectivity index (χ3n) is 3.51. The average molecular weight is 278 g/mol. The molecule has 1 heterocycles. The van der Waals surface area contributed by atoms with Crippen molar-refractivity contribution in [3.63, 3.8) is 0 Å². The van der Waals surface area contributed by atoms with Gasteiger partial charge < -0.3 is 11.1 Å². The van der Waals surface area contributed by atoms with Crippen LogP contribution in [-0.4, -0.2) is 16.3 Å². The number of hydrogen-bond donors (Lipinski definition) is 2. The van der Waals surface area contributed by atoms with Gasteiger partial charge in [-0.05, 0) is 37.0 Å². The van der Waals surface area contributed by atoms with Crippen LogP contribution in [0.3, 0.4) is 0 Å². The smallest absolute Gasteiger partial charge is 0.168 e. The van der Waals surface area contributed by atoms with Crippen molar-refractivity contribution in [3.05, 3.63) is 35.4 Å². The van der Waals surface area contributed by atoms with Crippen molar-refractivity contribution in [2.24, 2.45) is 5.92 Å². The molecular formula is C15H14N6. The summed E-state index contributed by atoms with van der Waals surface area (Å²) in [5.41, 5.74) is 7.55. The first-order valence-corrected chi connectivity index (χ1v) is 6.76. The first kappa shape index (κ1) is 13.0. The van der Waals surface area contributed by atoms with Gasteiger partial charge in [-0.2, -0.15) is 10.5 Å². The molecule has 1 aliphatic rings. The number of rotatable bonds is 4. The van der Waals surface area contributed by atoms with Gasteiger partial charge in [0, 0.05) is 6.54 Å². The van der Waals surface area contributed by atoms with E-state index in [0.29, 0.717) is 28.6 Å². The number of anilines is 2. The molecule has 0 amide bonds. The summed E-state index contributed by atoms with van der Waals surface area (Å²) in [4.78, 5) is 0. The molecule has 2 aromatic rings. The van der Waals surface area contributed by atoms with Gasteiger partial charge in [0.25, 0.3) is 0 Å². The molecule has 0 unspecified atom stereocenters. The number of nitrogens with two attached hydrogens (primary N) is 1. The fraction of sp³-hybridized carbons (Fsp3) is 0.267. The summed E-state index contributed by atoms with van der Waals surface area (Å²) in [5.74, 6) is 1.46. The summed E-state index contributed by atoms with van der Waals surface area (Å²) < 4.78 is 1.49. The van der Waals surface area contributed by atoms with E-state index in [-0.39, 0.29) is 5.82 Å². The highest BCUT2D eigenvalue weighted by Gasteiger charge is 2.23. The number of benzene rings is 1. The van der Waals surface area contributed by atoms with Crippen molar-refractivity contribution in [3.8, 4) is 17.8 Å². The maximum Gasteiger partial charge on any atom is 0.168 e. The van der Waals surface area contributed by atoms with Crippen LogP contribution in [0.5, 0.6) is 0 Å². The summed E-state index contributed by atoms with van der Waals surface area (Å²) >= 11 is 0. The fourth-order valence-electron chi connectivity index (χ4n) is 2.13. The Morgan fingerprint density at radius 2 is 2.14 bits per heavy atom. The van der Waals surface area contributed by atoms with Crippen LogP contribution in [0.2, 0.25) is 0 Å². The first-order chi connectivity index (χ1) is 10.2. The average Bonchev–Trinajstić information content (AvgIpc) is 3.29. The van der Waals surface area contributed by atoms with E-state index in [1.54, 1.807) is 24.3 Å². The topological polar surface area (TPSA) is 103 Å². The van der Waals surface area contributed by atoms with Crippen LogP contribution in [0.25, 0.3) is 5.69 Å². The van der Waals surface area contributed by atoms with Gasteiger partial charge in [0.05, 0.1) is 17.3 Å². The van der Waals surface area contributed by atoms with Gasteiger partial charge in [-0.3, -0.25) is 0 Å². The third-order valence-corrected chi connectivity index (χ3v) is 3.51. The van der Waals surface area contributed by atoms with E-state index < -0.39 is 0 Å². The van der Waals surface area contributed by atoms with Crippen molar-refractivity contribution in [1.82, 2.24) is 9.78 Å². The van der Waals surface area contributed by atoms with Gasteiger partial charge in [0.15, 0.2) is 5.82 Å². The van der Waals surface area contributed by atoms with E-state index in [2.05, 4.69) is 22.6 Å². The quantitative estimate of drug-likeness (QED) is 0.890. The van der Waals surface area contributed by atoms with Crippen LogP contribution in [0.4, 0.5) is 11.6 Å². The lowest BCUT2D eigenvalue weighted by molar-refractivity contribution is 0.854. The summed E-state index contributed by atoms with van der Waals surface area (Å²) in [5, 5.41) is 25.8. The lowest BCUT2D eigenvalue weighted by Crippen LogP contribution is -2.05. The molecule has 6 nitrogen and oxygen atoms in total. The number of nitrogens with one attached hydrogen (secondary N) is 1. The lowest BCUT2D eigenvalue weighted by Gasteiger charge is -2.03. The number of nitrogens with zero attached hydrogens (tertiary/aromatic N) is 4. The number of hydrogen-bond acceptors (Lipinski definition) is 5. The largest absolute Gasteiger partial charge is 0.382 e. The molecule has 0 atom stereocenters. The Kier molecular flexibility index (Phi) is 3.21. The van der Waals surface area contributed by atoms with E-state index >= 15 is 0 Å². The molecule has 0 spiro atoms. The second-order valence-corrected chi connectivity index (χ2v) is 5.12. The standard InChI is InChI=1S/C15H14N6/c16-7-11-2-1-3-12(6-11)21-14(18)13(8-17)15(20-21)19-9-10-4-5-10/h1-3,6,10H,4-5,9,18H2,(H,19,20). The molecule has 6 heteroatoms. The molecule has 0 bridgehead atoms. The number of nitrogen functional groups attached to an aromatic ring is 1. The van der Waals surface area contributed by atoms with Gasteiger partial charge >= 0.3 is 0 Å². The zero-order valence-corrected chi connectivity index (χ0v) is 11.4. The monoisotopic (exact) mass is 278 g/mol. The molecule has 0 radical (unpaired) electrons. The Bertz CT molecular complexity index is 757. The number of aromatic nitrogens is 2. The molecule has 3 N–H and O–H groups in total. The third kappa shape index (κ3) is 2.52. The van der Waals surface area contributed by atoms with Crippen LogP contribution in [-0.2, 0) is 0 Å².